The van der Waals surface area contributed by atoms with Crippen LogP contribution in [0, 0.1) is 6.92 Å². The third kappa shape index (κ3) is 8.19. The van der Waals surface area contributed by atoms with E-state index in [-0.39, 0.29) is 56.0 Å². The van der Waals surface area contributed by atoms with Gasteiger partial charge >= 0.3 is 12.1 Å². The minimum atomic E-state index is -4.79. The molecule has 0 aromatic heterocycles. The molecule has 4 rings (SSSR count). The van der Waals surface area contributed by atoms with Crippen LogP contribution in [-0.4, -0.2) is 60.0 Å². The van der Waals surface area contributed by atoms with E-state index in [0.717, 1.165) is 12.1 Å². The van der Waals surface area contributed by atoms with Crippen molar-refractivity contribution in [1.82, 2.24) is 9.62 Å². The smallest absolute Gasteiger partial charge is 0.416 e. The van der Waals surface area contributed by atoms with E-state index >= 15 is 0 Å². The lowest BCUT2D eigenvalue weighted by Crippen LogP contribution is -2.62. The van der Waals surface area contributed by atoms with E-state index < -0.39 is 50.6 Å². The molecule has 45 heavy (non-hydrogen) atoms. The molecule has 240 valence electrons. The summed E-state index contributed by atoms with van der Waals surface area (Å²) in [6, 6.07) is 15.7. The molecule has 4 N–H and O–H groups in total. The molecule has 1 saturated heterocycles. The number of piperidine rings is 1. The Morgan fingerprint density at radius 2 is 1.67 bits per heavy atom. The maximum absolute atomic E-state index is 13.7. The molecule has 3 aromatic carbocycles. The molecular weight excluding hydrogens is 615 g/mol. The number of carbonyl (C=O) groups excluding carboxylic acids is 2. The van der Waals surface area contributed by atoms with E-state index in [0.29, 0.717) is 22.8 Å². The minimum absolute atomic E-state index is 0.0496. The van der Waals surface area contributed by atoms with Crippen molar-refractivity contribution in [2.24, 2.45) is 5.73 Å². The largest absolute Gasteiger partial charge is 0.489 e. The third-order valence-corrected chi connectivity index (χ3v) is 9.63. The highest BCUT2D eigenvalue weighted by molar-refractivity contribution is 7.89. The topological polar surface area (TPSA) is 156 Å². The fourth-order valence-electron chi connectivity index (χ4n) is 5.06. The molecule has 0 unspecified atom stereocenters. The fraction of sp³-hybridized carbons (Fsp3) is 0.323. The maximum Gasteiger partial charge on any atom is 0.416 e. The Morgan fingerprint density at radius 1 is 1.00 bits per heavy atom. The van der Waals surface area contributed by atoms with Crippen LogP contribution < -0.4 is 15.8 Å². The lowest BCUT2D eigenvalue weighted by atomic mass is 9.87. The number of rotatable bonds is 11. The van der Waals surface area contributed by atoms with Gasteiger partial charge in [0.25, 0.3) is 5.91 Å². The number of hydrogen-bond donors (Lipinski definition) is 3. The standard InChI is InChI=1S/C31H32F3N3O7S/c1-20-15-23(28(39)40)8-7-22(20)9-14-45(42,43)37-12-10-30(11-13-37,29(35)41)36-27(38)24-16-25(31(32,33)34)18-26(17-24)44-19-21-5-3-2-4-6-21/h2-8,15-18H,9-14,19H2,1H3,(H2,35,41)(H,36,38)(H,39,40). The summed E-state index contributed by atoms with van der Waals surface area (Å²) < 4.78 is 74.0. The zero-order valence-electron chi connectivity index (χ0n) is 24.3. The van der Waals surface area contributed by atoms with Gasteiger partial charge < -0.3 is 20.9 Å². The van der Waals surface area contributed by atoms with Crippen molar-refractivity contribution >= 4 is 27.8 Å². The van der Waals surface area contributed by atoms with Gasteiger partial charge in [-0.15, -0.1) is 0 Å². The highest BCUT2D eigenvalue weighted by atomic mass is 32.2. The lowest BCUT2D eigenvalue weighted by molar-refractivity contribution is -0.137. The number of sulfonamides is 1. The second-order valence-corrected chi connectivity index (χ2v) is 12.9. The number of carboxylic acids is 1. The molecule has 1 aliphatic rings. The molecule has 1 fully saturated rings. The van der Waals surface area contributed by atoms with Crippen LogP contribution >= 0.6 is 0 Å². The van der Waals surface area contributed by atoms with E-state index in [1.54, 1.807) is 43.3 Å². The van der Waals surface area contributed by atoms with Gasteiger partial charge in [0.05, 0.1) is 16.9 Å². The predicted molar refractivity (Wildman–Crippen MR) is 158 cm³/mol. The number of carbonyl (C=O) groups is 3. The third-order valence-electron chi connectivity index (χ3n) is 7.76. The molecule has 0 atom stereocenters. The van der Waals surface area contributed by atoms with Crippen molar-refractivity contribution in [3.8, 4) is 5.75 Å². The molecule has 0 saturated carbocycles. The van der Waals surface area contributed by atoms with Gasteiger partial charge in [-0.25, -0.2) is 17.5 Å². The van der Waals surface area contributed by atoms with E-state index in [1.165, 1.54) is 16.4 Å². The molecule has 1 aliphatic heterocycles. The van der Waals surface area contributed by atoms with Crippen molar-refractivity contribution in [3.05, 3.63) is 100 Å². The fourth-order valence-corrected chi connectivity index (χ4v) is 6.54. The van der Waals surface area contributed by atoms with Crippen LogP contribution in [0.1, 0.15) is 55.8 Å². The first-order valence-electron chi connectivity index (χ1n) is 13.9. The van der Waals surface area contributed by atoms with Gasteiger partial charge in [-0.3, -0.25) is 9.59 Å². The van der Waals surface area contributed by atoms with Gasteiger partial charge in [0.15, 0.2) is 0 Å². The number of ether oxygens (including phenoxy) is 1. The first-order valence-corrected chi connectivity index (χ1v) is 15.5. The highest BCUT2D eigenvalue weighted by Gasteiger charge is 2.44. The number of carboxylic acid groups (broad SMARTS) is 1. The first-order chi connectivity index (χ1) is 21.1. The van der Waals surface area contributed by atoms with Crippen LogP contribution in [0.3, 0.4) is 0 Å². The summed E-state index contributed by atoms with van der Waals surface area (Å²) in [7, 11) is -3.83. The summed E-state index contributed by atoms with van der Waals surface area (Å²) in [6.45, 7) is 1.29. The SMILES string of the molecule is Cc1cc(C(=O)O)ccc1CCS(=O)(=O)N1CCC(NC(=O)c2cc(OCc3ccccc3)cc(C(F)(F)F)c2)(C(N)=O)CC1. The van der Waals surface area contributed by atoms with Crippen molar-refractivity contribution in [3.63, 3.8) is 0 Å². The number of aryl methyl sites for hydroxylation is 2. The highest BCUT2D eigenvalue weighted by Crippen LogP contribution is 2.34. The molecule has 0 aliphatic carbocycles. The quantitative estimate of drug-likeness (QED) is 0.285. The van der Waals surface area contributed by atoms with Crippen LogP contribution in [0.2, 0.25) is 0 Å². The average Bonchev–Trinajstić information content (AvgIpc) is 2.99. The van der Waals surface area contributed by atoms with E-state index in [2.05, 4.69) is 5.32 Å². The van der Waals surface area contributed by atoms with Crippen LogP contribution in [0.4, 0.5) is 13.2 Å². The first kappa shape index (κ1) is 33.5. The van der Waals surface area contributed by atoms with Gasteiger partial charge in [0.1, 0.15) is 17.9 Å². The number of nitrogens with zero attached hydrogens (tertiary/aromatic N) is 1. The lowest BCUT2D eigenvalue weighted by Gasteiger charge is -2.39. The number of alkyl halides is 3. The number of halogens is 3. The number of hydrogen-bond acceptors (Lipinski definition) is 6. The Bertz CT molecular complexity index is 1690. The Balaban J connectivity index is 1.46. The van der Waals surface area contributed by atoms with E-state index in [9.17, 15) is 36.0 Å². The monoisotopic (exact) mass is 647 g/mol. The van der Waals surface area contributed by atoms with Crippen molar-refractivity contribution < 1.29 is 45.8 Å². The molecule has 14 heteroatoms. The summed E-state index contributed by atoms with van der Waals surface area (Å²) in [5, 5.41) is 11.6. The molecule has 1 heterocycles. The van der Waals surface area contributed by atoms with Gasteiger partial charge in [-0.1, -0.05) is 36.4 Å². The number of aromatic carboxylic acids is 1. The van der Waals surface area contributed by atoms with Gasteiger partial charge in [-0.2, -0.15) is 13.2 Å². The second-order valence-electron chi connectivity index (χ2n) is 10.8. The summed E-state index contributed by atoms with van der Waals surface area (Å²) in [6.07, 6.45) is -5.07. The molecule has 10 nitrogen and oxygen atoms in total. The second kappa shape index (κ2) is 13.3. The molecule has 0 spiro atoms. The number of nitrogens with two attached hydrogens (primary N) is 1. The van der Waals surface area contributed by atoms with Crippen LogP contribution in [-0.2, 0) is 34.0 Å². The Kier molecular flexibility index (Phi) is 9.88. The average molecular weight is 648 g/mol. The maximum atomic E-state index is 13.7. The van der Waals surface area contributed by atoms with Crippen LogP contribution in [0.5, 0.6) is 5.75 Å². The van der Waals surface area contributed by atoms with Gasteiger partial charge in [0, 0.05) is 18.7 Å². The minimum Gasteiger partial charge on any atom is -0.489 e. The van der Waals surface area contributed by atoms with Crippen molar-refractivity contribution in [2.45, 2.75) is 44.5 Å². The molecule has 3 aromatic rings. The summed E-state index contributed by atoms with van der Waals surface area (Å²) in [5.41, 5.74) is 4.47. The zero-order chi connectivity index (χ0) is 33.0. The molecule has 0 bridgehead atoms. The van der Waals surface area contributed by atoms with Crippen LogP contribution in [0.15, 0.2) is 66.7 Å². The van der Waals surface area contributed by atoms with Crippen LogP contribution in [0.25, 0.3) is 0 Å². The van der Waals surface area contributed by atoms with Crippen molar-refractivity contribution in [1.29, 1.82) is 0 Å². The zero-order valence-corrected chi connectivity index (χ0v) is 25.1. The number of amides is 2. The Morgan fingerprint density at radius 3 is 2.24 bits per heavy atom. The van der Waals surface area contributed by atoms with E-state index in [4.69, 9.17) is 15.6 Å². The summed E-state index contributed by atoms with van der Waals surface area (Å²) in [5.74, 6) is -3.54. The molecule has 2 amide bonds. The predicted octanol–water partition coefficient (Wildman–Crippen LogP) is 3.91. The van der Waals surface area contributed by atoms with Gasteiger partial charge in [0.2, 0.25) is 15.9 Å². The number of nitrogens with one attached hydrogen (secondary N) is 1. The van der Waals surface area contributed by atoms with Gasteiger partial charge in [-0.05, 0) is 73.2 Å². The Hall–Kier alpha value is -4.43. The summed E-state index contributed by atoms with van der Waals surface area (Å²) in [4.78, 5) is 37.0. The summed E-state index contributed by atoms with van der Waals surface area (Å²) >= 11 is 0. The number of benzene rings is 3. The van der Waals surface area contributed by atoms with Crippen molar-refractivity contribution in [2.75, 3.05) is 18.8 Å². The molecular formula is C31H32F3N3O7S. The normalized spacial score (nSPS) is 15.3. The van der Waals surface area contributed by atoms with E-state index in [1.807, 2.05) is 0 Å². The number of primary amides is 1. The Labute approximate surface area is 258 Å². The molecule has 0 radical (unpaired) electrons.